The molecule has 3 aromatic heterocycles. The molecule has 194 valence electrons. The summed E-state index contributed by atoms with van der Waals surface area (Å²) in [5.74, 6) is -0.661. The lowest BCUT2D eigenvalue weighted by Gasteiger charge is -2.15. The second kappa shape index (κ2) is 10.7. The second-order valence-corrected chi connectivity index (χ2v) is 8.82. The number of carbonyl (C=O) groups excluding carboxylic acids is 2. The molecule has 3 heterocycles. The van der Waals surface area contributed by atoms with Crippen LogP contribution in [0.5, 0.6) is 0 Å². The van der Waals surface area contributed by atoms with Gasteiger partial charge in [-0.3, -0.25) is 15.1 Å². The van der Waals surface area contributed by atoms with Gasteiger partial charge in [-0.15, -0.1) is 0 Å². The number of ether oxygens (including phenoxy) is 1. The molecule has 2 N–H and O–H groups in total. The first-order chi connectivity index (χ1) is 18.0. The van der Waals surface area contributed by atoms with E-state index in [0.29, 0.717) is 28.2 Å². The van der Waals surface area contributed by atoms with Gasteiger partial charge in [-0.05, 0) is 68.8 Å². The van der Waals surface area contributed by atoms with Crippen molar-refractivity contribution in [1.29, 1.82) is 0 Å². The van der Waals surface area contributed by atoms with Crippen LogP contribution in [-0.2, 0) is 10.4 Å². The van der Waals surface area contributed by atoms with E-state index in [2.05, 4.69) is 35.3 Å². The topological polar surface area (TPSA) is 119 Å². The van der Waals surface area contributed by atoms with Gasteiger partial charge >= 0.3 is 6.09 Å². The Bertz CT molecular complexity index is 1520. The van der Waals surface area contributed by atoms with Gasteiger partial charge in [-0.25, -0.2) is 28.5 Å². The Morgan fingerprint density at radius 2 is 1.68 bits per heavy atom. The number of benzene rings is 1. The van der Waals surface area contributed by atoms with Crippen molar-refractivity contribution in [1.82, 2.24) is 19.9 Å². The fraction of sp³-hybridized carbons (Fsp3) is 0.185. The maximum absolute atomic E-state index is 14.8. The average Bonchev–Trinajstić information content (AvgIpc) is 2.90. The maximum Gasteiger partial charge on any atom is 0.412 e. The van der Waals surface area contributed by atoms with Crippen molar-refractivity contribution in [3.05, 3.63) is 83.7 Å². The number of rotatable bonds is 6. The van der Waals surface area contributed by atoms with Crippen molar-refractivity contribution in [2.45, 2.75) is 26.4 Å². The summed E-state index contributed by atoms with van der Waals surface area (Å²) in [6, 6.07) is 10.4. The number of alkyl halides is 1. The van der Waals surface area contributed by atoms with Gasteiger partial charge in [-0.1, -0.05) is 0 Å². The van der Waals surface area contributed by atoms with Crippen LogP contribution in [0, 0.1) is 12.7 Å². The molecule has 4 aromatic rings. The van der Waals surface area contributed by atoms with Crippen molar-refractivity contribution in [2.75, 3.05) is 17.7 Å². The van der Waals surface area contributed by atoms with E-state index in [0.717, 1.165) is 0 Å². The normalized spacial score (nSPS) is 11.1. The van der Waals surface area contributed by atoms with Crippen LogP contribution in [0.15, 0.2) is 61.1 Å². The molecular formula is C27H24F2N6O3. The summed E-state index contributed by atoms with van der Waals surface area (Å²) in [6.45, 7) is 4.39. The highest BCUT2D eigenvalue weighted by Crippen LogP contribution is 2.30. The number of carbonyl (C=O) groups is 2. The molecule has 0 aliphatic carbocycles. The molecule has 0 bridgehead atoms. The van der Waals surface area contributed by atoms with Crippen molar-refractivity contribution >= 4 is 23.5 Å². The summed E-state index contributed by atoms with van der Waals surface area (Å²) in [5, 5.41) is 5.03. The third-order valence-electron chi connectivity index (χ3n) is 5.56. The summed E-state index contributed by atoms with van der Waals surface area (Å²) >= 11 is 0. The van der Waals surface area contributed by atoms with E-state index in [9.17, 15) is 18.4 Å². The minimum Gasteiger partial charge on any atom is -0.453 e. The van der Waals surface area contributed by atoms with Crippen molar-refractivity contribution in [3.63, 3.8) is 0 Å². The highest BCUT2D eigenvalue weighted by molar-refractivity contribution is 6.04. The van der Waals surface area contributed by atoms with Crippen LogP contribution in [0.3, 0.4) is 0 Å². The van der Waals surface area contributed by atoms with Gasteiger partial charge in [0.15, 0.2) is 5.82 Å². The molecule has 0 atom stereocenters. The van der Waals surface area contributed by atoms with Gasteiger partial charge in [0.25, 0.3) is 5.91 Å². The molecule has 0 aliphatic heterocycles. The van der Waals surface area contributed by atoms with E-state index in [-0.39, 0.29) is 22.8 Å². The Kier molecular flexibility index (Phi) is 7.38. The smallest absolute Gasteiger partial charge is 0.412 e. The molecule has 11 heteroatoms. The zero-order chi connectivity index (χ0) is 27.4. The lowest BCUT2D eigenvalue weighted by atomic mass is 10.0. The minimum absolute atomic E-state index is 0.0675. The minimum atomic E-state index is -1.74. The summed E-state index contributed by atoms with van der Waals surface area (Å²) < 4.78 is 33.7. The Morgan fingerprint density at radius 3 is 2.42 bits per heavy atom. The highest BCUT2D eigenvalue weighted by atomic mass is 19.1. The Hall–Kier alpha value is -4.80. The van der Waals surface area contributed by atoms with Gasteiger partial charge in [0.2, 0.25) is 0 Å². The number of aryl methyl sites for hydroxylation is 1. The molecule has 0 saturated heterocycles. The quantitative estimate of drug-likeness (QED) is 0.337. The van der Waals surface area contributed by atoms with E-state index in [1.807, 2.05) is 0 Å². The van der Waals surface area contributed by atoms with Gasteiger partial charge in [0, 0.05) is 35.3 Å². The summed E-state index contributed by atoms with van der Waals surface area (Å²) in [7, 11) is 1.24. The molecule has 38 heavy (non-hydrogen) atoms. The molecule has 0 aliphatic rings. The van der Waals surface area contributed by atoms with Gasteiger partial charge < -0.3 is 10.1 Å². The SMILES string of the molecule is COC(=O)Nc1cc(-c2nccc(-c3cc(NC(=O)c4ccnc(C(C)(C)F)c4)c(F)cc3C)n2)ccn1. The lowest BCUT2D eigenvalue weighted by Crippen LogP contribution is -2.17. The largest absolute Gasteiger partial charge is 0.453 e. The number of amides is 2. The molecule has 0 saturated carbocycles. The molecule has 0 radical (unpaired) electrons. The number of aromatic nitrogens is 4. The predicted octanol–water partition coefficient (Wildman–Crippen LogP) is 5.68. The van der Waals surface area contributed by atoms with Crippen molar-refractivity contribution < 1.29 is 23.1 Å². The first-order valence-corrected chi connectivity index (χ1v) is 11.5. The zero-order valence-electron chi connectivity index (χ0n) is 21.0. The summed E-state index contributed by atoms with van der Waals surface area (Å²) in [4.78, 5) is 41.3. The van der Waals surface area contributed by atoms with E-state index in [1.54, 1.807) is 31.3 Å². The van der Waals surface area contributed by atoms with E-state index in [4.69, 9.17) is 0 Å². The zero-order valence-corrected chi connectivity index (χ0v) is 21.0. The van der Waals surface area contributed by atoms with Gasteiger partial charge in [0.1, 0.15) is 17.3 Å². The molecule has 0 spiro atoms. The number of hydrogen-bond acceptors (Lipinski definition) is 7. The lowest BCUT2D eigenvalue weighted by molar-refractivity contribution is 0.102. The van der Waals surface area contributed by atoms with Crippen LogP contribution in [0.2, 0.25) is 0 Å². The maximum atomic E-state index is 14.8. The third-order valence-corrected chi connectivity index (χ3v) is 5.56. The molecule has 0 fully saturated rings. The molecule has 2 amide bonds. The van der Waals surface area contributed by atoms with Crippen LogP contribution < -0.4 is 10.6 Å². The predicted molar refractivity (Wildman–Crippen MR) is 138 cm³/mol. The monoisotopic (exact) mass is 518 g/mol. The molecule has 1 aromatic carbocycles. The van der Waals surface area contributed by atoms with E-state index in [1.165, 1.54) is 57.6 Å². The standard InChI is InChI=1S/C27H24F2N6O3/c1-15-11-19(28)21(34-25(36)17-6-8-30-22(12-17)27(2,3)29)14-18(15)20-7-10-32-24(33-20)16-5-9-31-23(13-16)35-26(37)38-4/h5-14H,1-4H3,(H,34,36)(H,31,35,37). The number of nitrogens with one attached hydrogen (secondary N) is 2. The van der Waals surface area contributed by atoms with Gasteiger partial charge in [-0.2, -0.15) is 0 Å². The number of hydrogen-bond donors (Lipinski definition) is 2. The van der Waals surface area contributed by atoms with Crippen molar-refractivity contribution in [3.8, 4) is 22.6 Å². The van der Waals surface area contributed by atoms with Crippen LogP contribution in [0.4, 0.5) is 25.1 Å². The Balaban J connectivity index is 1.65. The van der Waals surface area contributed by atoms with Crippen LogP contribution >= 0.6 is 0 Å². The number of anilines is 2. The highest BCUT2D eigenvalue weighted by Gasteiger charge is 2.22. The molecular weight excluding hydrogens is 494 g/mol. The van der Waals surface area contributed by atoms with Crippen LogP contribution in [0.25, 0.3) is 22.6 Å². The fourth-order valence-corrected chi connectivity index (χ4v) is 3.58. The average molecular weight is 519 g/mol. The number of nitrogens with zero attached hydrogens (tertiary/aromatic N) is 4. The number of methoxy groups -OCH3 is 1. The van der Waals surface area contributed by atoms with E-state index >= 15 is 0 Å². The van der Waals surface area contributed by atoms with Crippen molar-refractivity contribution in [2.24, 2.45) is 0 Å². The van der Waals surface area contributed by atoms with Crippen LogP contribution in [-0.4, -0.2) is 39.0 Å². The fourth-order valence-electron chi connectivity index (χ4n) is 3.58. The first kappa shape index (κ1) is 26.3. The van der Waals surface area contributed by atoms with Crippen LogP contribution in [0.1, 0.15) is 35.5 Å². The summed E-state index contributed by atoms with van der Waals surface area (Å²) in [5.41, 5.74) is 0.616. The first-order valence-electron chi connectivity index (χ1n) is 11.5. The molecule has 4 rings (SSSR count). The van der Waals surface area contributed by atoms with Gasteiger partial charge in [0.05, 0.1) is 24.2 Å². The number of halogens is 2. The molecule has 9 nitrogen and oxygen atoms in total. The van der Waals surface area contributed by atoms with E-state index < -0.39 is 23.5 Å². The number of pyridine rings is 2. The second-order valence-electron chi connectivity index (χ2n) is 8.82. The Labute approximate surface area is 217 Å². The third kappa shape index (κ3) is 5.94. The molecule has 0 unspecified atom stereocenters. The Morgan fingerprint density at radius 1 is 0.947 bits per heavy atom. The summed E-state index contributed by atoms with van der Waals surface area (Å²) in [6.07, 6.45) is 3.69.